The Morgan fingerprint density at radius 1 is 0.833 bits per heavy atom. The summed E-state index contributed by atoms with van der Waals surface area (Å²) in [6, 6.07) is 19.2. The van der Waals surface area contributed by atoms with E-state index in [0.29, 0.717) is 22.5 Å². The van der Waals surface area contributed by atoms with E-state index in [4.69, 9.17) is 0 Å². The fourth-order valence-electron chi connectivity index (χ4n) is 3.99. The van der Waals surface area contributed by atoms with Gasteiger partial charge in [0.05, 0.1) is 5.69 Å². The number of amides is 4. The number of imide groups is 2. The van der Waals surface area contributed by atoms with Crippen LogP contribution in [0.25, 0.3) is 17.3 Å². The molecule has 3 N–H and O–H groups in total. The molecule has 0 bridgehead atoms. The van der Waals surface area contributed by atoms with Crippen LogP contribution in [0.1, 0.15) is 11.1 Å². The molecule has 4 aromatic rings. The maximum Gasteiger partial charge on any atom is 1.00 e. The molecule has 3 heterocycles. The topological polar surface area (TPSA) is 164 Å². The molecule has 42 heavy (non-hydrogen) atoms. The Kier molecular flexibility index (Phi) is 11.2. The Bertz CT molecular complexity index is 1810. The monoisotopic (exact) mass is 586 g/mol. The van der Waals surface area contributed by atoms with Gasteiger partial charge in [-0.25, -0.2) is 9.69 Å². The number of urea groups is 1. The second-order valence-corrected chi connectivity index (χ2v) is 8.45. The number of hydrogen-bond acceptors (Lipinski definition) is 7. The summed E-state index contributed by atoms with van der Waals surface area (Å²) in [4.78, 5) is 71.0. The molecule has 1 aliphatic rings. The summed E-state index contributed by atoms with van der Waals surface area (Å²) in [6.45, 7) is 0. The SMILES string of the molecule is O=C1NC(=O)N(c2ccccc2)C(=O)C1=CC=C(C=Cc1[c-][nH]c(=O)n(-c2ccccc2)c1=O)c1ccncc1.[K+].[OH-]. The van der Waals surface area contributed by atoms with Crippen molar-refractivity contribution in [2.45, 2.75) is 0 Å². The molecule has 1 saturated heterocycles. The van der Waals surface area contributed by atoms with Crippen molar-refractivity contribution in [3.63, 3.8) is 0 Å². The van der Waals surface area contributed by atoms with Crippen molar-refractivity contribution in [3.05, 3.63) is 147 Å². The van der Waals surface area contributed by atoms with E-state index in [0.717, 1.165) is 9.47 Å². The van der Waals surface area contributed by atoms with Crippen LogP contribution < -0.4 is 72.9 Å². The van der Waals surface area contributed by atoms with Crippen LogP contribution in [0.5, 0.6) is 0 Å². The van der Waals surface area contributed by atoms with Crippen molar-refractivity contribution in [1.29, 1.82) is 0 Å². The number of aromatic nitrogens is 3. The summed E-state index contributed by atoms with van der Waals surface area (Å²) >= 11 is 0. The van der Waals surface area contributed by atoms with Crippen LogP contribution in [-0.4, -0.2) is 37.9 Å². The van der Waals surface area contributed by atoms with Crippen LogP contribution in [0.3, 0.4) is 0 Å². The van der Waals surface area contributed by atoms with E-state index >= 15 is 0 Å². The third-order valence-corrected chi connectivity index (χ3v) is 5.94. The molecule has 12 heteroatoms. The van der Waals surface area contributed by atoms with Gasteiger partial charge in [0.2, 0.25) is 5.69 Å². The molecule has 11 nitrogen and oxygen atoms in total. The van der Waals surface area contributed by atoms with Crippen molar-refractivity contribution < 1.29 is 71.2 Å². The standard InChI is InChI=1S/C30H20N5O5.K.H2O/c36-26-25(28(38)35(30(40)33-26)24-9-5-2-6-10-24)14-13-20(21-15-17-31-18-16-21)11-12-22-19-32-29(39)34(27(22)37)23-7-3-1-4-8-23;;/h1-18H,(H,32,39)(H,33,36,40);;1H2/q-1;+1;/p-1. The van der Waals surface area contributed by atoms with E-state index in [1.165, 1.54) is 18.2 Å². The van der Waals surface area contributed by atoms with E-state index in [-0.39, 0.29) is 68.0 Å². The smallest absolute Gasteiger partial charge is 0.870 e. The first kappa shape index (κ1) is 32.2. The number of anilines is 1. The molecule has 2 aromatic carbocycles. The summed E-state index contributed by atoms with van der Waals surface area (Å²) in [6.07, 6.45) is 11.6. The summed E-state index contributed by atoms with van der Waals surface area (Å²) in [5, 5.41) is 2.18. The zero-order chi connectivity index (χ0) is 28.1. The van der Waals surface area contributed by atoms with Gasteiger partial charge in [-0.05, 0) is 53.6 Å². The first-order valence-corrected chi connectivity index (χ1v) is 12.0. The molecule has 0 unspecified atom stereocenters. The minimum Gasteiger partial charge on any atom is -0.870 e. The molecule has 0 atom stereocenters. The second-order valence-electron chi connectivity index (χ2n) is 8.45. The summed E-state index contributed by atoms with van der Waals surface area (Å²) in [5.41, 5.74) is 0.462. The summed E-state index contributed by atoms with van der Waals surface area (Å²) < 4.78 is 0.994. The van der Waals surface area contributed by atoms with Gasteiger partial charge in [-0.2, -0.15) is 0 Å². The van der Waals surface area contributed by atoms with Crippen LogP contribution in [0, 0.1) is 6.20 Å². The number of allylic oxidation sites excluding steroid dienone is 4. The zero-order valence-corrected chi connectivity index (χ0v) is 25.3. The van der Waals surface area contributed by atoms with Gasteiger partial charge in [0.15, 0.2) is 5.56 Å². The van der Waals surface area contributed by atoms with Gasteiger partial charge >= 0.3 is 57.4 Å². The molecule has 0 spiro atoms. The van der Waals surface area contributed by atoms with Crippen molar-refractivity contribution >= 4 is 35.2 Å². The molecule has 2 aromatic heterocycles. The van der Waals surface area contributed by atoms with Crippen molar-refractivity contribution in [3.8, 4) is 5.69 Å². The first-order valence-electron chi connectivity index (χ1n) is 12.0. The van der Waals surface area contributed by atoms with E-state index in [1.54, 1.807) is 91.3 Å². The van der Waals surface area contributed by atoms with Gasteiger partial charge < -0.3 is 24.6 Å². The van der Waals surface area contributed by atoms with Crippen LogP contribution >= 0.6 is 0 Å². The van der Waals surface area contributed by atoms with Gasteiger partial charge in [0.1, 0.15) is 5.57 Å². The number of aromatic amines is 1. The Balaban J connectivity index is 0.00000242. The minimum absolute atomic E-state index is 0. The number of pyridine rings is 1. The largest absolute Gasteiger partial charge is 1.00 e. The second kappa shape index (κ2) is 14.5. The van der Waals surface area contributed by atoms with Gasteiger partial charge in [-0.3, -0.25) is 19.9 Å². The Hall–Kier alpha value is -4.30. The zero-order valence-electron chi connectivity index (χ0n) is 22.2. The molecule has 0 aliphatic carbocycles. The molecule has 204 valence electrons. The number of barbiturate groups is 1. The minimum atomic E-state index is -0.847. The van der Waals surface area contributed by atoms with Crippen LogP contribution in [0.15, 0.2) is 119 Å². The van der Waals surface area contributed by atoms with Gasteiger partial charge in [-0.15, -0.1) is 6.08 Å². The number of carbonyl (C=O) groups excluding carboxylic acids is 3. The fourth-order valence-corrected chi connectivity index (χ4v) is 3.99. The average molecular weight is 587 g/mol. The molecule has 0 radical (unpaired) electrons. The molecule has 5 rings (SSSR count). The number of carbonyl (C=O) groups is 3. The van der Waals surface area contributed by atoms with E-state index in [2.05, 4.69) is 21.5 Å². The summed E-state index contributed by atoms with van der Waals surface area (Å²) in [5.74, 6) is -1.62. The third kappa shape index (κ3) is 6.94. The molecule has 0 saturated carbocycles. The number of nitrogens with one attached hydrogen (secondary N) is 2. The van der Waals surface area contributed by atoms with Crippen LogP contribution in [0.2, 0.25) is 0 Å². The fraction of sp³-hybridized carbons (Fsp3) is 0. The summed E-state index contributed by atoms with van der Waals surface area (Å²) in [7, 11) is 0. The number of benzene rings is 2. The van der Waals surface area contributed by atoms with E-state index < -0.39 is 29.1 Å². The number of rotatable bonds is 6. The van der Waals surface area contributed by atoms with Gasteiger partial charge in [0.25, 0.3) is 11.8 Å². The molecule has 1 fully saturated rings. The number of hydrogen-bond donors (Lipinski definition) is 2. The maximum atomic E-state index is 13.2. The number of nitrogens with zero attached hydrogens (tertiary/aromatic N) is 3. The van der Waals surface area contributed by atoms with Crippen LogP contribution in [0.4, 0.5) is 10.5 Å². The predicted molar refractivity (Wildman–Crippen MR) is 150 cm³/mol. The van der Waals surface area contributed by atoms with Gasteiger partial charge in [0, 0.05) is 18.1 Å². The molecule has 1 aliphatic heterocycles. The van der Waals surface area contributed by atoms with Crippen molar-refractivity contribution in [1.82, 2.24) is 19.9 Å². The normalized spacial score (nSPS) is 14.4. The molecular weight excluding hydrogens is 565 g/mol. The van der Waals surface area contributed by atoms with Gasteiger partial charge in [-0.1, -0.05) is 60.3 Å². The van der Waals surface area contributed by atoms with E-state index in [1.807, 2.05) is 0 Å². The Morgan fingerprint density at radius 2 is 1.45 bits per heavy atom. The van der Waals surface area contributed by atoms with Crippen molar-refractivity contribution in [2.24, 2.45) is 0 Å². The Labute approximate surface area is 281 Å². The number of H-pyrrole nitrogens is 1. The molecular formula is C30H21KN5O6-. The first-order chi connectivity index (χ1) is 19.4. The predicted octanol–water partition coefficient (Wildman–Crippen LogP) is -0.146. The third-order valence-electron chi connectivity index (χ3n) is 5.94. The number of para-hydroxylation sites is 2. The molecule has 4 amide bonds. The quantitative estimate of drug-likeness (QED) is 0.104. The average Bonchev–Trinajstić information content (AvgIpc) is 2.97. The van der Waals surface area contributed by atoms with Crippen LogP contribution in [-0.2, 0) is 9.59 Å². The van der Waals surface area contributed by atoms with Crippen molar-refractivity contribution in [2.75, 3.05) is 4.90 Å². The Morgan fingerprint density at radius 3 is 2.10 bits per heavy atom. The maximum absolute atomic E-state index is 13.2. The van der Waals surface area contributed by atoms with E-state index in [9.17, 15) is 24.0 Å².